The Morgan fingerprint density at radius 1 is 1.14 bits per heavy atom. The van der Waals surface area contributed by atoms with E-state index in [4.69, 9.17) is 5.26 Å². The summed E-state index contributed by atoms with van der Waals surface area (Å²) in [7, 11) is 0. The molecule has 0 bridgehead atoms. The van der Waals surface area contributed by atoms with Gasteiger partial charge in [0.25, 0.3) is 5.56 Å². The monoisotopic (exact) mass is 394 g/mol. The third kappa shape index (κ3) is 3.96. The number of carbonyl (C=O) groups is 2. The van der Waals surface area contributed by atoms with Crippen molar-refractivity contribution in [2.45, 2.75) is 13.0 Å². The van der Waals surface area contributed by atoms with E-state index in [0.29, 0.717) is 0 Å². The summed E-state index contributed by atoms with van der Waals surface area (Å²) in [5.41, 5.74) is -1.06. The molecule has 0 aliphatic carbocycles. The number of hydrogen-bond donors (Lipinski definition) is 1. The van der Waals surface area contributed by atoms with Gasteiger partial charge in [0.1, 0.15) is 12.4 Å². The van der Waals surface area contributed by atoms with Gasteiger partial charge in [0.15, 0.2) is 5.69 Å². The van der Waals surface area contributed by atoms with Gasteiger partial charge in [0.2, 0.25) is 5.91 Å². The lowest BCUT2D eigenvalue weighted by Gasteiger charge is -2.22. The van der Waals surface area contributed by atoms with E-state index in [2.05, 4.69) is 5.10 Å². The SMILES string of the molecule is N#CCCN(C(=O)Cn1nc(C(=O)O)c2ccccc2c1=O)c1ccccc1F. The molecule has 0 spiro atoms. The Bertz CT molecular complexity index is 1200. The molecule has 1 amide bonds. The average molecular weight is 394 g/mol. The molecule has 0 unspecified atom stereocenters. The van der Waals surface area contributed by atoms with Gasteiger partial charge in [0.05, 0.1) is 23.6 Å². The zero-order chi connectivity index (χ0) is 21.0. The van der Waals surface area contributed by atoms with E-state index in [1.54, 1.807) is 12.1 Å². The number of hydrogen-bond acceptors (Lipinski definition) is 5. The van der Waals surface area contributed by atoms with Gasteiger partial charge in [-0.25, -0.2) is 13.9 Å². The number of amides is 1. The van der Waals surface area contributed by atoms with E-state index in [9.17, 15) is 23.9 Å². The van der Waals surface area contributed by atoms with E-state index < -0.39 is 29.8 Å². The van der Waals surface area contributed by atoms with E-state index in [1.807, 2.05) is 6.07 Å². The smallest absolute Gasteiger partial charge is 0.357 e. The quantitative estimate of drug-likeness (QED) is 0.685. The van der Waals surface area contributed by atoms with Crippen molar-refractivity contribution in [2.75, 3.05) is 11.4 Å². The van der Waals surface area contributed by atoms with Crippen LogP contribution in [0.5, 0.6) is 0 Å². The van der Waals surface area contributed by atoms with Crippen LogP contribution in [0.15, 0.2) is 53.3 Å². The van der Waals surface area contributed by atoms with Crippen LogP contribution in [0.4, 0.5) is 10.1 Å². The second-order valence-electron chi connectivity index (χ2n) is 6.07. The number of carboxylic acid groups (broad SMARTS) is 1. The average Bonchev–Trinajstić information content (AvgIpc) is 2.71. The maximum atomic E-state index is 14.2. The Morgan fingerprint density at radius 3 is 2.45 bits per heavy atom. The van der Waals surface area contributed by atoms with Crippen molar-refractivity contribution >= 4 is 28.3 Å². The molecule has 29 heavy (non-hydrogen) atoms. The second-order valence-corrected chi connectivity index (χ2v) is 6.07. The predicted octanol–water partition coefficient (Wildman–Crippen LogP) is 2.18. The number of nitriles is 1. The van der Waals surface area contributed by atoms with Crippen molar-refractivity contribution in [1.82, 2.24) is 9.78 Å². The lowest BCUT2D eigenvalue weighted by atomic mass is 10.1. The van der Waals surface area contributed by atoms with Gasteiger partial charge in [-0.1, -0.05) is 30.3 Å². The fourth-order valence-corrected chi connectivity index (χ4v) is 2.93. The molecule has 0 radical (unpaired) electrons. The molecule has 0 aliphatic heterocycles. The molecule has 8 nitrogen and oxygen atoms in total. The molecule has 0 aliphatic rings. The summed E-state index contributed by atoms with van der Waals surface area (Å²) in [6.07, 6.45) is -0.0551. The number of aromatic nitrogens is 2. The standard InChI is InChI=1S/C20H15FN4O4/c21-15-8-3-4-9-16(15)24(11-5-10-22)17(26)12-25-19(27)14-7-2-1-6-13(14)18(23-25)20(28)29/h1-4,6-9H,5,11-12H2,(H,28,29). The maximum absolute atomic E-state index is 14.2. The summed E-state index contributed by atoms with van der Waals surface area (Å²) < 4.78 is 14.9. The van der Waals surface area contributed by atoms with Gasteiger partial charge in [-0.15, -0.1) is 0 Å². The number of halogens is 1. The summed E-state index contributed by atoms with van der Waals surface area (Å²) in [5.74, 6) is -2.71. The van der Waals surface area contributed by atoms with Crippen LogP contribution in [0.25, 0.3) is 10.8 Å². The molecule has 3 aromatic rings. The highest BCUT2D eigenvalue weighted by Gasteiger charge is 2.22. The second kappa shape index (κ2) is 8.31. The van der Waals surface area contributed by atoms with Gasteiger partial charge in [0, 0.05) is 11.9 Å². The molecule has 1 N–H and O–H groups in total. The lowest BCUT2D eigenvalue weighted by Crippen LogP contribution is -2.39. The summed E-state index contributed by atoms with van der Waals surface area (Å²) in [6.45, 7) is -0.700. The largest absolute Gasteiger partial charge is 0.476 e. The van der Waals surface area contributed by atoms with Gasteiger partial charge in [-0.05, 0) is 18.2 Å². The Hall–Kier alpha value is -4.06. The number of nitrogens with zero attached hydrogens (tertiary/aromatic N) is 4. The highest BCUT2D eigenvalue weighted by atomic mass is 19.1. The van der Waals surface area contributed by atoms with Crippen LogP contribution in [-0.4, -0.2) is 33.3 Å². The maximum Gasteiger partial charge on any atom is 0.357 e. The van der Waals surface area contributed by atoms with Crippen molar-refractivity contribution < 1.29 is 19.1 Å². The molecule has 1 heterocycles. The number of fused-ring (bicyclic) bond motifs is 1. The minimum Gasteiger partial charge on any atom is -0.476 e. The molecule has 2 aromatic carbocycles. The molecule has 3 rings (SSSR count). The zero-order valence-corrected chi connectivity index (χ0v) is 15.1. The molecule has 1 aromatic heterocycles. The molecular weight excluding hydrogens is 379 g/mol. The summed E-state index contributed by atoms with van der Waals surface area (Å²) in [5, 5.41) is 22.3. The first-order chi connectivity index (χ1) is 13.9. The highest BCUT2D eigenvalue weighted by Crippen LogP contribution is 2.20. The first-order valence-corrected chi connectivity index (χ1v) is 8.59. The summed E-state index contributed by atoms with van der Waals surface area (Å²) >= 11 is 0. The number of carbonyl (C=O) groups excluding carboxylic acids is 1. The number of carboxylic acids is 1. The van der Waals surface area contributed by atoms with Crippen LogP contribution < -0.4 is 10.5 Å². The Labute approximate surface area is 164 Å². The number of rotatable bonds is 6. The molecule has 9 heteroatoms. The van der Waals surface area contributed by atoms with Crippen molar-refractivity contribution in [3.63, 3.8) is 0 Å². The molecule has 0 atom stereocenters. The van der Waals surface area contributed by atoms with Gasteiger partial charge in [-0.3, -0.25) is 9.59 Å². The van der Waals surface area contributed by atoms with Crippen LogP contribution in [0.1, 0.15) is 16.9 Å². The minimum atomic E-state index is -1.35. The third-order valence-corrected chi connectivity index (χ3v) is 4.25. The van der Waals surface area contributed by atoms with Crippen LogP contribution in [-0.2, 0) is 11.3 Å². The fraction of sp³-hybridized carbons (Fsp3) is 0.150. The predicted molar refractivity (Wildman–Crippen MR) is 102 cm³/mol. The topological polar surface area (TPSA) is 116 Å². The zero-order valence-electron chi connectivity index (χ0n) is 15.1. The third-order valence-electron chi connectivity index (χ3n) is 4.25. The fourth-order valence-electron chi connectivity index (χ4n) is 2.93. The summed E-state index contributed by atoms with van der Waals surface area (Å²) in [6, 6.07) is 13.5. The van der Waals surface area contributed by atoms with Crippen LogP contribution in [0, 0.1) is 17.1 Å². The van der Waals surface area contributed by atoms with Crippen molar-refractivity contribution in [2.24, 2.45) is 0 Å². The van der Waals surface area contributed by atoms with Crippen LogP contribution in [0.3, 0.4) is 0 Å². The van der Waals surface area contributed by atoms with Crippen molar-refractivity contribution in [3.05, 3.63) is 70.4 Å². The van der Waals surface area contributed by atoms with E-state index >= 15 is 0 Å². The van der Waals surface area contributed by atoms with E-state index in [-0.39, 0.29) is 35.1 Å². The van der Waals surface area contributed by atoms with E-state index in [1.165, 1.54) is 36.4 Å². The molecule has 0 saturated heterocycles. The normalized spacial score (nSPS) is 10.5. The summed E-state index contributed by atoms with van der Waals surface area (Å²) in [4.78, 5) is 38.1. The van der Waals surface area contributed by atoms with Gasteiger partial charge < -0.3 is 10.0 Å². The van der Waals surface area contributed by atoms with Crippen molar-refractivity contribution in [3.8, 4) is 6.07 Å². The lowest BCUT2D eigenvalue weighted by molar-refractivity contribution is -0.119. The van der Waals surface area contributed by atoms with Crippen molar-refractivity contribution in [1.29, 1.82) is 5.26 Å². The Morgan fingerprint density at radius 2 is 1.79 bits per heavy atom. The minimum absolute atomic E-state index is 0.0416. The van der Waals surface area contributed by atoms with Gasteiger partial charge in [-0.2, -0.15) is 10.4 Å². The Kier molecular flexibility index (Phi) is 5.64. The molecule has 0 fully saturated rings. The van der Waals surface area contributed by atoms with Crippen LogP contribution in [0.2, 0.25) is 0 Å². The number of aromatic carboxylic acids is 1. The Balaban J connectivity index is 2.04. The number of para-hydroxylation sites is 1. The molecular formula is C20H15FN4O4. The number of benzene rings is 2. The highest BCUT2D eigenvalue weighted by molar-refractivity contribution is 6.01. The first-order valence-electron chi connectivity index (χ1n) is 8.59. The molecule has 0 saturated carbocycles. The van der Waals surface area contributed by atoms with E-state index in [0.717, 1.165) is 9.58 Å². The van der Waals surface area contributed by atoms with Gasteiger partial charge >= 0.3 is 5.97 Å². The van der Waals surface area contributed by atoms with Crippen LogP contribution >= 0.6 is 0 Å². The first kappa shape index (κ1) is 19.7. The molecule has 146 valence electrons. The number of anilines is 1.